The Hall–Kier alpha value is -2.80. The van der Waals surface area contributed by atoms with E-state index in [9.17, 15) is 14.4 Å². The number of rotatable bonds is 4. The van der Waals surface area contributed by atoms with Crippen LogP contribution in [0.3, 0.4) is 0 Å². The van der Waals surface area contributed by atoms with Gasteiger partial charge in [-0.1, -0.05) is 18.5 Å². The maximum atomic E-state index is 12.6. The number of pyridine rings is 1. The van der Waals surface area contributed by atoms with Crippen molar-refractivity contribution in [2.24, 2.45) is 11.7 Å². The molecule has 7 nitrogen and oxygen atoms in total. The number of nitrogens with one attached hydrogen (secondary N) is 2. The minimum atomic E-state index is -0.573. The highest BCUT2D eigenvalue weighted by Crippen LogP contribution is 2.31. The predicted octanol–water partition coefficient (Wildman–Crippen LogP) is 2.62. The summed E-state index contributed by atoms with van der Waals surface area (Å²) in [4.78, 5) is 40.2. The Bertz CT molecular complexity index is 941. The van der Waals surface area contributed by atoms with E-state index in [1.54, 1.807) is 18.2 Å². The minimum Gasteiger partial charge on any atom is -0.370 e. The van der Waals surface area contributed by atoms with Gasteiger partial charge in [0, 0.05) is 24.8 Å². The van der Waals surface area contributed by atoms with E-state index in [1.165, 1.54) is 12.3 Å². The van der Waals surface area contributed by atoms with E-state index in [0.29, 0.717) is 17.2 Å². The molecule has 1 saturated heterocycles. The number of halogens is 1. The molecule has 2 aromatic rings. The first kappa shape index (κ1) is 19.0. The number of carbonyl (C=O) groups excluding carboxylic acids is 2. The summed E-state index contributed by atoms with van der Waals surface area (Å²) in [6.45, 7) is 3.92. The molecule has 0 unspecified atom stereocenters. The minimum absolute atomic E-state index is 0.0707. The van der Waals surface area contributed by atoms with Crippen LogP contribution in [0.2, 0.25) is 5.02 Å². The van der Waals surface area contributed by atoms with Crippen LogP contribution in [-0.4, -0.2) is 29.9 Å². The lowest BCUT2D eigenvalue weighted by molar-refractivity contribution is 0.0996. The molecule has 1 atom stereocenters. The van der Waals surface area contributed by atoms with E-state index in [4.69, 9.17) is 17.3 Å². The van der Waals surface area contributed by atoms with Crippen LogP contribution in [0, 0.1) is 5.92 Å². The second kappa shape index (κ2) is 7.84. The van der Waals surface area contributed by atoms with Crippen molar-refractivity contribution < 1.29 is 9.59 Å². The number of hydrogen-bond acceptors (Lipinski definition) is 4. The predicted molar refractivity (Wildman–Crippen MR) is 106 cm³/mol. The SMILES string of the molecule is C[C@H]1CCCN(c2ccc(C(N)=O)cc2NC(=O)c2c[nH]c(=O)c(Cl)c2)C1. The molecule has 1 fully saturated rings. The molecule has 1 aliphatic rings. The molecule has 1 aliphatic heterocycles. The van der Waals surface area contributed by atoms with E-state index in [-0.39, 0.29) is 10.6 Å². The van der Waals surface area contributed by atoms with Gasteiger partial charge in [0.25, 0.3) is 11.5 Å². The number of aromatic amines is 1. The van der Waals surface area contributed by atoms with Gasteiger partial charge in [-0.2, -0.15) is 0 Å². The Kier molecular flexibility index (Phi) is 5.51. The van der Waals surface area contributed by atoms with Gasteiger partial charge >= 0.3 is 0 Å². The Morgan fingerprint density at radius 3 is 2.74 bits per heavy atom. The first-order valence-electron chi connectivity index (χ1n) is 8.73. The normalized spacial score (nSPS) is 16.8. The number of carbonyl (C=O) groups is 2. The monoisotopic (exact) mass is 388 g/mol. The van der Waals surface area contributed by atoms with Gasteiger partial charge in [-0.25, -0.2) is 0 Å². The highest BCUT2D eigenvalue weighted by Gasteiger charge is 2.21. The zero-order valence-electron chi connectivity index (χ0n) is 14.9. The fourth-order valence-corrected chi connectivity index (χ4v) is 3.43. The van der Waals surface area contributed by atoms with Gasteiger partial charge < -0.3 is 20.9 Å². The topological polar surface area (TPSA) is 108 Å². The average Bonchev–Trinajstić information content (AvgIpc) is 2.63. The van der Waals surface area contributed by atoms with Crippen LogP contribution in [0.15, 0.2) is 35.3 Å². The summed E-state index contributed by atoms with van der Waals surface area (Å²) in [5, 5.41) is 2.74. The van der Waals surface area contributed by atoms with Crippen LogP contribution in [0.4, 0.5) is 11.4 Å². The summed E-state index contributed by atoms with van der Waals surface area (Å²) in [6.07, 6.45) is 3.51. The number of primary amides is 1. The molecule has 3 rings (SSSR count). The van der Waals surface area contributed by atoms with Crippen molar-refractivity contribution in [3.63, 3.8) is 0 Å². The molecule has 2 heterocycles. The lowest BCUT2D eigenvalue weighted by Gasteiger charge is -2.34. The van der Waals surface area contributed by atoms with Gasteiger partial charge in [-0.15, -0.1) is 0 Å². The van der Waals surface area contributed by atoms with Gasteiger partial charge in [0.05, 0.1) is 16.9 Å². The molecule has 27 heavy (non-hydrogen) atoms. The molecule has 1 aromatic heterocycles. The number of piperidine rings is 1. The molecule has 0 bridgehead atoms. The van der Waals surface area contributed by atoms with E-state index < -0.39 is 17.4 Å². The molecule has 0 saturated carbocycles. The van der Waals surface area contributed by atoms with Crippen LogP contribution >= 0.6 is 11.6 Å². The van der Waals surface area contributed by atoms with E-state index >= 15 is 0 Å². The van der Waals surface area contributed by atoms with Gasteiger partial charge in [0.1, 0.15) is 5.02 Å². The number of hydrogen-bond donors (Lipinski definition) is 3. The fraction of sp³-hybridized carbons (Fsp3) is 0.316. The van der Waals surface area contributed by atoms with Gasteiger partial charge in [-0.3, -0.25) is 14.4 Å². The molecule has 0 radical (unpaired) electrons. The number of aromatic nitrogens is 1. The zero-order valence-corrected chi connectivity index (χ0v) is 15.7. The van der Waals surface area contributed by atoms with Crippen molar-refractivity contribution in [3.8, 4) is 0 Å². The summed E-state index contributed by atoms with van der Waals surface area (Å²) in [5.41, 5.74) is 6.76. The molecule has 8 heteroatoms. The molecule has 4 N–H and O–H groups in total. The molecule has 2 amide bonds. The summed E-state index contributed by atoms with van der Waals surface area (Å²) in [5.74, 6) is -0.478. The highest BCUT2D eigenvalue weighted by molar-refractivity contribution is 6.30. The Morgan fingerprint density at radius 2 is 2.07 bits per heavy atom. The average molecular weight is 389 g/mol. The third-order valence-corrected chi connectivity index (χ3v) is 4.93. The van der Waals surface area contributed by atoms with Gasteiger partial charge in [-0.05, 0) is 43.0 Å². The first-order chi connectivity index (χ1) is 12.8. The van der Waals surface area contributed by atoms with E-state index in [1.807, 2.05) is 0 Å². The highest BCUT2D eigenvalue weighted by atomic mass is 35.5. The summed E-state index contributed by atoms with van der Waals surface area (Å²) in [6, 6.07) is 6.33. The van der Waals surface area contributed by atoms with E-state index in [0.717, 1.165) is 31.6 Å². The van der Waals surface area contributed by atoms with Crippen molar-refractivity contribution >= 4 is 34.8 Å². The molecular weight excluding hydrogens is 368 g/mol. The number of anilines is 2. The van der Waals surface area contributed by atoms with E-state index in [2.05, 4.69) is 22.1 Å². The molecule has 0 aliphatic carbocycles. The third-order valence-electron chi connectivity index (χ3n) is 4.65. The maximum absolute atomic E-state index is 12.6. The number of amides is 2. The smallest absolute Gasteiger partial charge is 0.266 e. The second-order valence-electron chi connectivity index (χ2n) is 6.81. The van der Waals surface area contributed by atoms with Crippen LogP contribution < -0.4 is 21.5 Å². The number of nitrogens with two attached hydrogens (primary N) is 1. The lowest BCUT2D eigenvalue weighted by atomic mass is 9.99. The van der Waals surface area contributed by atoms with Crippen LogP contribution in [0.5, 0.6) is 0 Å². The Balaban J connectivity index is 1.94. The van der Waals surface area contributed by atoms with Crippen molar-refractivity contribution in [2.75, 3.05) is 23.3 Å². The third kappa shape index (κ3) is 4.31. The van der Waals surface area contributed by atoms with Crippen molar-refractivity contribution in [3.05, 3.63) is 57.0 Å². The van der Waals surface area contributed by atoms with Crippen LogP contribution in [0.25, 0.3) is 0 Å². The standard InChI is InChI=1S/C19H21ClN4O3/c1-11-3-2-6-24(10-11)16-5-4-12(17(21)25)8-15(16)23-18(26)13-7-14(20)19(27)22-9-13/h4-5,7-9,11H,2-3,6,10H2,1H3,(H2,21,25)(H,22,27)(H,23,26)/t11-/m0/s1. The number of benzene rings is 1. The van der Waals surface area contributed by atoms with Crippen molar-refractivity contribution in [2.45, 2.75) is 19.8 Å². The lowest BCUT2D eigenvalue weighted by Crippen LogP contribution is -2.35. The maximum Gasteiger partial charge on any atom is 0.266 e. The molecule has 142 valence electrons. The number of nitrogens with zero attached hydrogens (tertiary/aromatic N) is 1. The molecule has 1 aromatic carbocycles. The molecule has 0 spiro atoms. The van der Waals surface area contributed by atoms with Crippen LogP contribution in [0.1, 0.15) is 40.5 Å². The zero-order chi connectivity index (χ0) is 19.6. The summed E-state index contributed by atoms with van der Waals surface area (Å²) >= 11 is 5.80. The quantitative estimate of drug-likeness (QED) is 0.748. The van der Waals surface area contributed by atoms with Crippen molar-refractivity contribution in [1.82, 2.24) is 4.98 Å². The van der Waals surface area contributed by atoms with Crippen molar-refractivity contribution in [1.29, 1.82) is 0 Å². The van der Waals surface area contributed by atoms with Gasteiger partial charge in [0.15, 0.2) is 0 Å². The molecular formula is C19H21ClN4O3. The summed E-state index contributed by atoms with van der Waals surface area (Å²) in [7, 11) is 0. The number of H-pyrrole nitrogens is 1. The largest absolute Gasteiger partial charge is 0.370 e. The first-order valence-corrected chi connectivity index (χ1v) is 9.11. The Labute approximate surface area is 161 Å². The van der Waals surface area contributed by atoms with Crippen LogP contribution in [-0.2, 0) is 0 Å². The fourth-order valence-electron chi connectivity index (χ4n) is 3.25. The van der Waals surface area contributed by atoms with Gasteiger partial charge in [0.2, 0.25) is 5.91 Å². The summed E-state index contributed by atoms with van der Waals surface area (Å²) < 4.78 is 0. The second-order valence-corrected chi connectivity index (χ2v) is 7.22. The Morgan fingerprint density at radius 1 is 1.30 bits per heavy atom.